The Morgan fingerprint density at radius 3 is 2.80 bits per heavy atom. The van der Waals surface area contributed by atoms with E-state index in [1.807, 2.05) is 0 Å². The fraction of sp³-hybridized carbons (Fsp3) is 0.167. The molecule has 1 heterocycles. The van der Waals surface area contributed by atoms with Crippen LogP contribution in [0.5, 0.6) is 5.75 Å². The van der Waals surface area contributed by atoms with E-state index in [-0.39, 0.29) is 5.91 Å². The van der Waals surface area contributed by atoms with Gasteiger partial charge in [-0.1, -0.05) is 0 Å². The lowest BCUT2D eigenvalue weighted by Crippen LogP contribution is -2.13. The average molecular weight is 421 g/mol. The molecule has 1 amide bonds. The largest absolute Gasteiger partial charge is 0.495 e. The second-order valence-corrected chi connectivity index (χ2v) is 6.40. The van der Waals surface area contributed by atoms with E-state index in [2.05, 4.69) is 42.2 Å². The van der Waals surface area contributed by atoms with Crippen LogP contribution in [0.3, 0.4) is 0 Å². The van der Waals surface area contributed by atoms with Crippen LogP contribution < -0.4 is 15.8 Å². The van der Waals surface area contributed by atoms with Gasteiger partial charge in [0.25, 0.3) is 5.91 Å². The topological polar surface area (TPSA) is 77.2 Å². The molecule has 106 valence electrons. The Balaban J connectivity index is 2.23. The van der Waals surface area contributed by atoms with Crippen molar-refractivity contribution in [3.05, 3.63) is 37.2 Å². The Bertz CT molecular complexity index is 646. The number of hydrogen-bond donors (Lipinski definition) is 2. The summed E-state index contributed by atoms with van der Waals surface area (Å²) >= 11 is 8.13. The van der Waals surface area contributed by atoms with Gasteiger partial charge in [-0.2, -0.15) is 0 Å². The summed E-state index contributed by atoms with van der Waals surface area (Å²) in [7, 11) is 1.56. The van der Waals surface area contributed by atoms with E-state index in [1.165, 1.54) is 11.3 Å². The molecule has 0 atom stereocenters. The summed E-state index contributed by atoms with van der Waals surface area (Å²) in [5, 5.41) is 5.19. The summed E-state index contributed by atoms with van der Waals surface area (Å²) in [5.74, 6) is 0.343. The van der Waals surface area contributed by atoms with Crippen LogP contribution in [0.1, 0.15) is 15.5 Å². The van der Waals surface area contributed by atoms with Crippen LogP contribution in [0.25, 0.3) is 0 Å². The highest BCUT2D eigenvalue weighted by Gasteiger charge is 2.14. The number of thiazole rings is 1. The van der Waals surface area contributed by atoms with Gasteiger partial charge in [0.05, 0.1) is 17.3 Å². The zero-order valence-electron chi connectivity index (χ0n) is 10.4. The molecule has 0 radical (unpaired) electrons. The van der Waals surface area contributed by atoms with E-state index in [4.69, 9.17) is 10.5 Å². The first-order valence-electron chi connectivity index (χ1n) is 5.54. The van der Waals surface area contributed by atoms with Gasteiger partial charge in [-0.3, -0.25) is 4.79 Å². The predicted octanol–water partition coefficient (Wildman–Crippen LogP) is 3.39. The van der Waals surface area contributed by atoms with Crippen molar-refractivity contribution < 1.29 is 9.53 Å². The maximum Gasteiger partial charge on any atom is 0.275 e. The monoisotopic (exact) mass is 419 g/mol. The normalized spacial score (nSPS) is 10.4. The summed E-state index contributed by atoms with van der Waals surface area (Å²) in [4.78, 5) is 16.2. The first-order chi connectivity index (χ1) is 9.55. The van der Waals surface area contributed by atoms with E-state index in [9.17, 15) is 4.79 Å². The molecule has 8 heteroatoms. The van der Waals surface area contributed by atoms with Gasteiger partial charge in [0.2, 0.25) is 0 Å². The summed E-state index contributed by atoms with van der Waals surface area (Å²) in [6.07, 6.45) is 0. The Kier molecular flexibility index (Phi) is 5.14. The summed E-state index contributed by atoms with van der Waals surface area (Å²) in [6.45, 7) is 0.327. The molecule has 0 bridgehead atoms. The minimum atomic E-state index is -0.286. The van der Waals surface area contributed by atoms with Crippen molar-refractivity contribution in [2.24, 2.45) is 5.73 Å². The number of nitrogens with two attached hydrogens (primary N) is 1. The fourth-order valence-corrected chi connectivity index (χ4v) is 3.39. The van der Waals surface area contributed by atoms with E-state index in [1.54, 1.807) is 24.6 Å². The Morgan fingerprint density at radius 2 is 2.20 bits per heavy atom. The maximum absolute atomic E-state index is 12.1. The molecule has 0 unspecified atom stereocenters. The van der Waals surface area contributed by atoms with Gasteiger partial charge < -0.3 is 15.8 Å². The van der Waals surface area contributed by atoms with Crippen LogP contribution in [0.4, 0.5) is 5.69 Å². The quantitative estimate of drug-likeness (QED) is 0.794. The smallest absolute Gasteiger partial charge is 0.275 e. The number of aromatic nitrogens is 1. The zero-order valence-corrected chi connectivity index (χ0v) is 14.4. The summed E-state index contributed by atoms with van der Waals surface area (Å²) < 4.78 is 6.74. The molecule has 0 fully saturated rings. The molecule has 0 saturated heterocycles. The Hall–Kier alpha value is -0.960. The number of methoxy groups -OCH3 is 1. The van der Waals surface area contributed by atoms with Crippen molar-refractivity contribution in [3.63, 3.8) is 0 Å². The SMILES string of the molecule is COc1cc(NC(=O)c2csc(CN)n2)c(Br)cc1Br. The molecule has 1 aromatic heterocycles. The van der Waals surface area contributed by atoms with Crippen LogP contribution >= 0.6 is 43.2 Å². The molecule has 1 aromatic carbocycles. The van der Waals surface area contributed by atoms with Gasteiger partial charge in [-0.05, 0) is 37.9 Å². The van der Waals surface area contributed by atoms with Crippen molar-refractivity contribution in [2.75, 3.05) is 12.4 Å². The molecule has 0 spiro atoms. The number of benzene rings is 1. The Morgan fingerprint density at radius 1 is 1.45 bits per heavy atom. The average Bonchev–Trinajstić information content (AvgIpc) is 2.90. The number of nitrogens with zero attached hydrogens (tertiary/aromatic N) is 1. The van der Waals surface area contributed by atoms with Crippen molar-refractivity contribution in [3.8, 4) is 5.75 Å². The minimum Gasteiger partial charge on any atom is -0.495 e. The first kappa shape index (κ1) is 15.4. The predicted molar refractivity (Wildman–Crippen MR) is 86.4 cm³/mol. The van der Waals surface area contributed by atoms with Crippen LogP contribution in [-0.2, 0) is 6.54 Å². The lowest BCUT2D eigenvalue weighted by molar-refractivity contribution is 0.102. The lowest BCUT2D eigenvalue weighted by atomic mass is 10.3. The molecule has 0 saturated carbocycles. The number of nitrogens with one attached hydrogen (secondary N) is 1. The van der Waals surface area contributed by atoms with E-state index in [0.29, 0.717) is 23.7 Å². The number of carbonyl (C=O) groups is 1. The second-order valence-electron chi connectivity index (χ2n) is 3.75. The van der Waals surface area contributed by atoms with Crippen molar-refractivity contribution in [2.45, 2.75) is 6.54 Å². The third kappa shape index (κ3) is 3.38. The first-order valence-corrected chi connectivity index (χ1v) is 8.00. The number of carbonyl (C=O) groups excluding carboxylic acids is 1. The molecular formula is C12H11Br2N3O2S. The van der Waals surface area contributed by atoms with Crippen LogP contribution in [0.2, 0.25) is 0 Å². The second kappa shape index (κ2) is 6.66. The number of anilines is 1. The molecule has 3 N–H and O–H groups in total. The fourth-order valence-electron chi connectivity index (χ4n) is 1.48. The molecule has 2 aromatic rings. The molecule has 0 aliphatic rings. The zero-order chi connectivity index (χ0) is 14.7. The number of hydrogen-bond acceptors (Lipinski definition) is 5. The number of rotatable bonds is 4. The third-order valence-corrected chi connectivity index (χ3v) is 4.60. The maximum atomic E-state index is 12.1. The standard InChI is InChI=1S/C12H11Br2N3O2S/c1-19-10-3-8(6(13)2-7(10)14)17-12(18)9-5-20-11(4-15)16-9/h2-3,5H,4,15H2,1H3,(H,17,18). The molecule has 0 aliphatic carbocycles. The molecule has 0 aliphatic heterocycles. The van der Waals surface area contributed by atoms with Crippen LogP contribution in [-0.4, -0.2) is 18.0 Å². The highest BCUT2D eigenvalue weighted by Crippen LogP contribution is 2.34. The summed E-state index contributed by atoms with van der Waals surface area (Å²) in [6, 6.07) is 3.53. The van der Waals surface area contributed by atoms with Crippen LogP contribution in [0, 0.1) is 0 Å². The number of ether oxygens (including phenoxy) is 1. The molecule has 20 heavy (non-hydrogen) atoms. The molecule has 2 rings (SSSR count). The molecular weight excluding hydrogens is 410 g/mol. The highest BCUT2D eigenvalue weighted by molar-refractivity contribution is 9.11. The Labute approximate surface area is 136 Å². The summed E-state index contributed by atoms with van der Waals surface area (Å²) in [5.41, 5.74) is 6.44. The highest BCUT2D eigenvalue weighted by atomic mass is 79.9. The van der Waals surface area contributed by atoms with Crippen molar-refractivity contribution >= 4 is 54.8 Å². The van der Waals surface area contributed by atoms with Gasteiger partial charge >= 0.3 is 0 Å². The van der Waals surface area contributed by atoms with Crippen LogP contribution in [0.15, 0.2) is 26.5 Å². The van der Waals surface area contributed by atoms with Gasteiger partial charge in [0.15, 0.2) is 0 Å². The van der Waals surface area contributed by atoms with Gasteiger partial charge in [-0.15, -0.1) is 11.3 Å². The lowest BCUT2D eigenvalue weighted by Gasteiger charge is -2.10. The van der Waals surface area contributed by atoms with E-state index in [0.717, 1.165) is 14.0 Å². The van der Waals surface area contributed by atoms with Crippen molar-refractivity contribution in [1.82, 2.24) is 4.98 Å². The third-order valence-electron chi connectivity index (χ3n) is 2.45. The van der Waals surface area contributed by atoms with E-state index < -0.39 is 0 Å². The number of amides is 1. The van der Waals surface area contributed by atoms with E-state index >= 15 is 0 Å². The van der Waals surface area contributed by atoms with Gasteiger partial charge in [0.1, 0.15) is 16.5 Å². The van der Waals surface area contributed by atoms with Gasteiger partial charge in [0, 0.05) is 22.5 Å². The van der Waals surface area contributed by atoms with Crippen molar-refractivity contribution in [1.29, 1.82) is 0 Å². The van der Waals surface area contributed by atoms with Gasteiger partial charge in [-0.25, -0.2) is 4.98 Å². The minimum absolute atomic E-state index is 0.286. The number of halogens is 2. The molecule has 5 nitrogen and oxygen atoms in total.